The number of morpholine rings is 1. The Morgan fingerprint density at radius 3 is 2.68 bits per heavy atom. The van der Waals surface area contributed by atoms with Crippen LogP contribution in [-0.2, 0) is 4.74 Å². The van der Waals surface area contributed by atoms with E-state index in [4.69, 9.17) is 10.6 Å². The highest BCUT2D eigenvalue weighted by Crippen LogP contribution is 2.14. The van der Waals surface area contributed by atoms with E-state index in [-0.39, 0.29) is 0 Å². The predicted molar refractivity (Wildman–Crippen MR) is 77.5 cm³/mol. The van der Waals surface area contributed by atoms with Crippen molar-refractivity contribution in [2.45, 2.75) is 0 Å². The average Bonchev–Trinajstić information content (AvgIpc) is 2.48. The molecule has 0 atom stereocenters. The molecule has 1 saturated heterocycles. The minimum Gasteiger partial charge on any atom is -0.378 e. The first-order chi connectivity index (χ1) is 9.33. The topological polar surface area (TPSA) is 101 Å². The largest absolute Gasteiger partial charge is 0.378 e. The number of thioether (sulfide) groups is 1. The molecule has 1 aromatic heterocycles. The molecule has 0 spiro atoms. The van der Waals surface area contributed by atoms with Gasteiger partial charge in [0.1, 0.15) is 0 Å². The van der Waals surface area contributed by atoms with E-state index in [2.05, 4.69) is 36.9 Å². The molecule has 1 aliphatic rings. The van der Waals surface area contributed by atoms with Gasteiger partial charge in [0, 0.05) is 25.4 Å². The summed E-state index contributed by atoms with van der Waals surface area (Å²) in [5, 5.41) is 3.16. The quantitative estimate of drug-likeness (QED) is 0.371. The summed E-state index contributed by atoms with van der Waals surface area (Å²) >= 11 is 1.76. The highest BCUT2D eigenvalue weighted by Gasteiger charge is 2.16. The summed E-state index contributed by atoms with van der Waals surface area (Å²) < 4.78 is 5.32. The maximum absolute atomic E-state index is 5.39. The van der Waals surface area contributed by atoms with E-state index in [1.807, 2.05) is 0 Å². The van der Waals surface area contributed by atoms with Gasteiger partial charge in [-0.05, 0) is 6.26 Å². The monoisotopic (exact) mass is 285 g/mol. The summed E-state index contributed by atoms with van der Waals surface area (Å²) in [5.41, 5.74) is 2.47. The van der Waals surface area contributed by atoms with Crippen molar-refractivity contribution in [2.75, 3.05) is 60.5 Å². The third-order valence-corrected chi connectivity index (χ3v) is 3.25. The molecule has 8 nitrogen and oxygen atoms in total. The zero-order valence-corrected chi connectivity index (χ0v) is 11.7. The van der Waals surface area contributed by atoms with Gasteiger partial charge in [0.05, 0.1) is 13.2 Å². The molecule has 0 amide bonds. The lowest BCUT2D eigenvalue weighted by molar-refractivity contribution is 0.122. The highest BCUT2D eigenvalue weighted by atomic mass is 32.2. The molecule has 106 valence electrons. The lowest BCUT2D eigenvalue weighted by Crippen LogP contribution is -2.37. The van der Waals surface area contributed by atoms with Crippen molar-refractivity contribution >= 4 is 29.6 Å². The molecule has 1 fully saturated rings. The molecule has 4 N–H and O–H groups in total. The molecule has 0 radical (unpaired) electrons. The second-order valence-electron chi connectivity index (χ2n) is 3.95. The third kappa shape index (κ3) is 4.08. The highest BCUT2D eigenvalue weighted by molar-refractivity contribution is 7.98. The van der Waals surface area contributed by atoms with Gasteiger partial charge in [0.15, 0.2) is 0 Å². The van der Waals surface area contributed by atoms with Gasteiger partial charge in [0.25, 0.3) is 0 Å². The van der Waals surface area contributed by atoms with Crippen LogP contribution in [0.3, 0.4) is 0 Å². The predicted octanol–water partition coefficient (Wildman–Crippen LogP) is -0.231. The van der Waals surface area contributed by atoms with E-state index in [9.17, 15) is 0 Å². The fraction of sp³-hybridized carbons (Fsp3) is 0.700. The molecule has 0 aliphatic carbocycles. The smallest absolute Gasteiger partial charge is 0.243 e. The number of anilines is 3. The third-order valence-electron chi connectivity index (χ3n) is 2.64. The summed E-state index contributed by atoms with van der Waals surface area (Å²) in [6.45, 7) is 3.73. The maximum Gasteiger partial charge on any atom is 0.243 e. The summed E-state index contributed by atoms with van der Waals surface area (Å²) in [6, 6.07) is 0. The van der Waals surface area contributed by atoms with Gasteiger partial charge in [-0.15, -0.1) is 0 Å². The first kappa shape index (κ1) is 14.1. The summed E-state index contributed by atoms with van der Waals surface area (Å²) in [6.07, 6.45) is 2.06. The molecule has 0 aromatic carbocycles. The molecular weight excluding hydrogens is 266 g/mol. The fourth-order valence-corrected chi connectivity index (χ4v) is 1.98. The van der Waals surface area contributed by atoms with Crippen molar-refractivity contribution in [2.24, 2.45) is 5.84 Å². The first-order valence-corrected chi connectivity index (χ1v) is 7.51. The van der Waals surface area contributed by atoms with Gasteiger partial charge < -0.3 is 15.0 Å². The van der Waals surface area contributed by atoms with E-state index in [1.165, 1.54) is 0 Å². The first-order valence-electron chi connectivity index (χ1n) is 6.11. The zero-order chi connectivity index (χ0) is 13.5. The van der Waals surface area contributed by atoms with Crippen molar-refractivity contribution in [1.29, 1.82) is 0 Å². The van der Waals surface area contributed by atoms with E-state index in [1.54, 1.807) is 11.8 Å². The van der Waals surface area contributed by atoms with Gasteiger partial charge in [-0.2, -0.15) is 26.7 Å². The molecule has 0 saturated carbocycles. The standard InChI is InChI=1S/C10H19N7OS/c1-19-7-2-12-8-13-9(16-11)15-10(14-8)17-3-5-18-6-4-17/h2-7,11H2,1H3,(H2,12,13,14,15,16). The number of hydrazine groups is 1. The number of nitrogens with two attached hydrogens (primary N) is 1. The zero-order valence-electron chi connectivity index (χ0n) is 10.9. The summed E-state index contributed by atoms with van der Waals surface area (Å²) in [5.74, 6) is 7.91. The molecule has 2 rings (SSSR count). The Bertz CT molecular complexity index is 399. The maximum atomic E-state index is 5.39. The Balaban J connectivity index is 2.10. The van der Waals surface area contributed by atoms with Crippen molar-refractivity contribution < 1.29 is 4.74 Å². The molecule has 1 aliphatic heterocycles. The van der Waals surface area contributed by atoms with Crippen LogP contribution in [0.2, 0.25) is 0 Å². The van der Waals surface area contributed by atoms with E-state index >= 15 is 0 Å². The van der Waals surface area contributed by atoms with E-state index in [0.717, 1.165) is 25.4 Å². The van der Waals surface area contributed by atoms with Gasteiger partial charge in [-0.1, -0.05) is 0 Å². The summed E-state index contributed by atoms with van der Waals surface area (Å²) in [4.78, 5) is 14.9. The van der Waals surface area contributed by atoms with Crippen LogP contribution in [-0.4, -0.2) is 59.8 Å². The number of nitrogen functional groups attached to an aromatic ring is 1. The van der Waals surface area contributed by atoms with Crippen molar-refractivity contribution in [3.8, 4) is 0 Å². The molecule has 19 heavy (non-hydrogen) atoms. The van der Waals surface area contributed by atoms with Gasteiger partial charge >= 0.3 is 0 Å². The Kier molecular flexibility index (Phi) is 5.43. The van der Waals surface area contributed by atoms with Crippen LogP contribution in [0.5, 0.6) is 0 Å². The van der Waals surface area contributed by atoms with Crippen LogP contribution in [0, 0.1) is 0 Å². The number of nitrogens with one attached hydrogen (secondary N) is 2. The number of aromatic nitrogens is 3. The number of ether oxygens (including phenoxy) is 1. The normalized spacial score (nSPS) is 15.4. The second kappa shape index (κ2) is 7.31. The molecule has 1 aromatic rings. The number of hydrogen-bond donors (Lipinski definition) is 3. The van der Waals surface area contributed by atoms with Crippen LogP contribution < -0.4 is 21.5 Å². The SMILES string of the molecule is CSCCNc1nc(NN)nc(N2CCOCC2)n1. The summed E-state index contributed by atoms with van der Waals surface area (Å²) in [7, 11) is 0. The minimum absolute atomic E-state index is 0.364. The van der Waals surface area contributed by atoms with Gasteiger partial charge in [0.2, 0.25) is 17.8 Å². The van der Waals surface area contributed by atoms with Crippen LogP contribution >= 0.6 is 11.8 Å². The van der Waals surface area contributed by atoms with Crippen LogP contribution in [0.4, 0.5) is 17.8 Å². The van der Waals surface area contributed by atoms with Crippen molar-refractivity contribution in [3.05, 3.63) is 0 Å². The Labute approximate surface area is 116 Å². The van der Waals surface area contributed by atoms with E-state index < -0.39 is 0 Å². The Morgan fingerprint density at radius 1 is 1.26 bits per heavy atom. The molecular formula is C10H19N7OS. The lowest BCUT2D eigenvalue weighted by atomic mass is 10.4. The molecule has 0 unspecified atom stereocenters. The van der Waals surface area contributed by atoms with Crippen molar-refractivity contribution in [1.82, 2.24) is 15.0 Å². The van der Waals surface area contributed by atoms with Gasteiger partial charge in [-0.25, -0.2) is 5.84 Å². The average molecular weight is 285 g/mol. The van der Waals surface area contributed by atoms with Crippen LogP contribution in [0.25, 0.3) is 0 Å². The number of nitrogens with zero attached hydrogens (tertiary/aromatic N) is 4. The number of rotatable bonds is 6. The lowest BCUT2D eigenvalue weighted by Gasteiger charge is -2.27. The Morgan fingerprint density at radius 2 is 2.00 bits per heavy atom. The molecule has 2 heterocycles. The van der Waals surface area contributed by atoms with Crippen molar-refractivity contribution in [3.63, 3.8) is 0 Å². The number of hydrogen-bond acceptors (Lipinski definition) is 9. The van der Waals surface area contributed by atoms with E-state index in [0.29, 0.717) is 31.1 Å². The minimum atomic E-state index is 0.364. The van der Waals surface area contributed by atoms with Crippen LogP contribution in [0.15, 0.2) is 0 Å². The Hall–Kier alpha value is -1.32. The molecule has 0 bridgehead atoms. The fourth-order valence-electron chi connectivity index (χ4n) is 1.68. The van der Waals surface area contributed by atoms with Gasteiger partial charge in [-0.3, -0.25) is 5.43 Å². The molecule has 9 heteroatoms. The van der Waals surface area contributed by atoms with Crippen LogP contribution in [0.1, 0.15) is 0 Å². The second-order valence-corrected chi connectivity index (χ2v) is 4.93.